The first-order valence-corrected chi connectivity index (χ1v) is 9.35. The zero-order chi connectivity index (χ0) is 19.9. The van der Waals surface area contributed by atoms with Crippen LogP contribution in [0.15, 0.2) is 47.1 Å². The lowest BCUT2D eigenvalue weighted by Gasteiger charge is -2.27. The van der Waals surface area contributed by atoms with E-state index in [0.29, 0.717) is 29.9 Å². The smallest absolute Gasteiger partial charge is 0.279 e. The number of piperidine rings is 1. The summed E-state index contributed by atoms with van der Waals surface area (Å²) < 4.78 is 5.21. The fraction of sp³-hybridized carbons (Fsp3) is 0.350. The largest absolute Gasteiger partial charge is 0.467 e. The Bertz CT molecular complexity index is 826. The average molecular weight is 385 g/mol. The quantitative estimate of drug-likeness (QED) is 0.533. The lowest BCUT2D eigenvalue weighted by Crippen LogP contribution is -3.14. The van der Waals surface area contributed by atoms with Crippen LogP contribution in [-0.4, -0.2) is 37.4 Å². The summed E-state index contributed by atoms with van der Waals surface area (Å²) >= 11 is 0. The van der Waals surface area contributed by atoms with Gasteiger partial charge in [-0.2, -0.15) is 0 Å². The number of hydrogen-bond acceptors (Lipinski definition) is 4. The van der Waals surface area contributed by atoms with Crippen molar-refractivity contribution in [3.63, 3.8) is 0 Å². The normalized spacial score (nSPS) is 19.0. The minimum atomic E-state index is -0.290. The average Bonchev–Trinajstić information content (AvgIpc) is 3.20. The highest BCUT2D eigenvalue weighted by atomic mass is 16.3. The highest BCUT2D eigenvalue weighted by Crippen LogP contribution is 2.15. The summed E-state index contributed by atoms with van der Waals surface area (Å²) in [5.41, 5.74) is 6.21. The van der Waals surface area contributed by atoms with Crippen molar-refractivity contribution in [1.82, 2.24) is 5.32 Å². The van der Waals surface area contributed by atoms with Gasteiger partial charge in [0.25, 0.3) is 11.8 Å². The molecular weight excluding hydrogens is 360 g/mol. The van der Waals surface area contributed by atoms with Crippen LogP contribution in [-0.2, 0) is 16.1 Å². The predicted molar refractivity (Wildman–Crippen MR) is 102 cm³/mol. The van der Waals surface area contributed by atoms with E-state index in [1.807, 2.05) is 0 Å². The number of benzene rings is 1. The Kier molecular flexibility index (Phi) is 6.44. The molecular formula is C20H25N4O4+. The molecule has 1 aromatic heterocycles. The molecule has 0 spiro atoms. The van der Waals surface area contributed by atoms with Gasteiger partial charge in [0.05, 0.1) is 37.1 Å². The van der Waals surface area contributed by atoms with Crippen LogP contribution in [0.1, 0.15) is 29.0 Å². The molecule has 0 aliphatic carbocycles. The van der Waals surface area contributed by atoms with E-state index >= 15 is 0 Å². The summed E-state index contributed by atoms with van der Waals surface area (Å²) in [6, 6.07) is 10.4. The predicted octanol–water partition coefficient (Wildman–Crippen LogP) is -0.0717. The lowest BCUT2D eigenvalue weighted by molar-refractivity contribution is -0.897. The highest BCUT2D eigenvalue weighted by Gasteiger charge is 2.27. The van der Waals surface area contributed by atoms with Gasteiger partial charge in [0.15, 0.2) is 6.54 Å². The molecule has 0 radical (unpaired) electrons. The number of carbonyl (C=O) groups excluding carboxylic acids is 3. The number of carbonyl (C=O) groups is 3. The first kappa shape index (κ1) is 19.6. The maximum atomic E-state index is 12.5. The third-order valence-electron chi connectivity index (χ3n) is 4.95. The van der Waals surface area contributed by atoms with Crippen LogP contribution in [0.2, 0.25) is 0 Å². The number of rotatable bonds is 7. The number of furan rings is 1. The summed E-state index contributed by atoms with van der Waals surface area (Å²) in [6.07, 6.45) is 2.94. The zero-order valence-electron chi connectivity index (χ0n) is 15.6. The van der Waals surface area contributed by atoms with Crippen molar-refractivity contribution in [2.24, 2.45) is 11.7 Å². The molecule has 148 valence electrons. The van der Waals surface area contributed by atoms with E-state index in [-0.39, 0.29) is 36.7 Å². The molecule has 1 aliphatic heterocycles. The molecule has 0 unspecified atom stereocenters. The zero-order valence-corrected chi connectivity index (χ0v) is 15.6. The van der Waals surface area contributed by atoms with E-state index in [4.69, 9.17) is 10.2 Å². The number of nitrogens with one attached hydrogen (secondary N) is 3. The topological polar surface area (TPSA) is 119 Å². The minimum absolute atomic E-state index is 0.0922. The van der Waals surface area contributed by atoms with Gasteiger partial charge in [-0.25, -0.2) is 0 Å². The summed E-state index contributed by atoms with van der Waals surface area (Å²) in [6.45, 7) is 2.01. The summed E-state index contributed by atoms with van der Waals surface area (Å²) in [4.78, 5) is 37.3. The molecule has 0 bridgehead atoms. The summed E-state index contributed by atoms with van der Waals surface area (Å²) in [7, 11) is 0. The van der Waals surface area contributed by atoms with Crippen LogP contribution in [0, 0.1) is 5.92 Å². The number of amides is 3. The summed E-state index contributed by atoms with van der Waals surface area (Å²) in [5.74, 6) is -0.165. The third-order valence-corrected chi connectivity index (χ3v) is 4.95. The molecule has 2 aromatic rings. The van der Waals surface area contributed by atoms with Gasteiger partial charge in [0, 0.05) is 18.8 Å². The first-order chi connectivity index (χ1) is 13.5. The van der Waals surface area contributed by atoms with Crippen LogP contribution in [0.3, 0.4) is 0 Å². The molecule has 0 saturated carbocycles. The van der Waals surface area contributed by atoms with Crippen LogP contribution in [0.25, 0.3) is 0 Å². The number of para-hydroxylation sites is 1. The number of hydrogen-bond donors (Lipinski definition) is 4. The molecule has 8 heteroatoms. The van der Waals surface area contributed by atoms with Crippen molar-refractivity contribution in [3.8, 4) is 0 Å². The molecule has 8 nitrogen and oxygen atoms in total. The number of nitrogens with two attached hydrogens (primary N) is 1. The molecule has 3 amide bonds. The Balaban J connectivity index is 1.54. The molecule has 1 aliphatic rings. The van der Waals surface area contributed by atoms with Gasteiger partial charge in [-0.1, -0.05) is 12.1 Å². The monoisotopic (exact) mass is 385 g/mol. The fourth-order valence-corrected chi connectivity index (χ4v) is 3.37. The van der Waals surface area contributed by atoms with Crippen LogP contribution >= 0.6 is 0 Å². The molecule has 1 aromatic carbocycles. The lowest BCUT2D eigenvalue weighted by atomic mass is 9.96. The Labute approximate surface area is 163 Å². The van der Waals surface area contributed by atoms with Gasteiger partial charge < -0.3 is 25.7 Å². The van der Waals surface area contributed by atoms with Gasteiger partial charge in [0.1, 0.15) is 5.76 Å². The second kappa shape index (κ2) is 9.18. The van der Waals surface area contributed by atoms with Gasteiger partial charge in [-0.05, 0) is 24.3 Å². The molecule has 1 fully saturated rings. The SMILES string of the molecule is NC(=O)C1CC[NH+](CC(=O)Nc2ccccc2C(=O)NCc2ccco2)CC1. The molecule has 5 N–H and O–H groups in total. The van der Waals surface area contributed by atoms with E-state index < -0.39 is 0 Å². The van der Waals surface area contributed by atoms with Crippen molar-refractivity contribution in [2.75, 3.05) is 25.0 Å². The Morgan fingerprint density at radius 3 is 2.54 bits per heavy atom. The maximum absolute atomic E-state index is 12.5. The standard InChI is InChI=1S/C20H24N4O4/c21-19(26)14-7-9-24(10-8-14)13-18(25)23-17-6-2-1-5-16(17)20(27)22-12-15-4-3-11-28-15/h1-6,11,14H,7-10,12-13H2,(H2,21,26)(H,22,27)(H,23,25)/p+1. The second-order valence-electron chi connectivity index (χ2n) is 6.96. The van der Waals surface area contributed by atoms with E-state index in [1.54, 1.807) is 42.7 Å². The number of primary amides is 1. The number of likely N-dealkylation sites (tertiary alicyclic amines) is 1. The molecule has 1 saturated heterocycles. The van der Waals surface area contributed by atoms with Gasteiger partial charge in [-0.3, -0.25) is 14.4 Å². The van der Waals surface area contributed by atoms with Crippen molar-refractivity contribution in [3.05, 3.63) is 54.0 Å². The molecule has 28 heavy (non-hydrogen) atoms. The van der Waals surface area contributed by atoms with Crippen molar-refractivity contribution in [2.45, 2.75) is 19.4 Å². The second-order valence-corrected chi connectivity index (χ2v) is 6.96. The Morgan fingerprint density at radius 2 is 1.86 bits per heavy atom. The Morgan fingerprint density at radius 1 is 1.11 bits per heavy atom. The van der Waals surface area contributed by atoms with E-state index in [0.717, 1.165) is 18.0 Å². The minimum Gasteiger partial charge on any atom is -0.467 e. The highest BCUT2D eigenvalue weighted by molar-refractivity contribution is 6.03. The summed E-state index contributed by atoms with van der Waals surface area (Å²) in [5, 5.41) is 5.61. The van der Waals surface area contributed by atoms with E-state index in [2.05, 4.69) is 10.6 Å². The van der Waals surface area contributed by atoms with Crippen LogP contribution in [0.4, 0.5) is 5.69 Å². The van der Waals surface area contributed by atoms with E-state index in [1.165, 1.54) is 0 Å². The molecule has 2 heterocycles. The maximum Gasteiger partial charge on any atom is 0.279 e. The van der Waals surface area contributed by atoms with Gasteiger partial charge >= 0.3 is 0 Å². The van der Waals surface area contributed by atoms with Crippen molar-refractivity contribution < 1.29 is 23.7 Å². The van der Waals surface area contributed by atoms with Crippen molar-refractivity contribution in [1.29, 1.82) is 0 Å². The first-order valence-electron chi connectivity index (χ1n) is 9.35. The van der Waals surface area contributed by atoms with Crippen LogP contribution in [0.5, 0.6) is 0 Å². The van der Waals surface area contributed by atoms with Crippen LogP contribution < -0.4 is 21.3 Å². The van der Waals surface area contributed by atoms with Gasteiger partial charge in [0.2, 0.25) is 5.91 Å². The number of quaternary nitrogens is 1. The number of anilines is 1. The van der Waals surface area contributed by atoms with Crippen molar-refractivity contribution >= 4 is 23.4 Å². The third kappa shape index (κ3) is 5.20. The molecule has 0 atom stereocenters. The fourth-order valence-electron chi connectivity index (χ4n) is 3.37. The van der Waals surface area contributed by atoms with Gasteiger partial charge in [-0.15, -0.1) is 0 Å². The van der Waals surface area contributed by atoms with E-state index in [9.17, 15) is 14.4 Å². The molecule has 3 rings (SSSR count). The Hall–Kier alpha value is -3.13.